The van der Waals surface area contributed by atoms with Crippen LogP contribution in [0.25, 0.3) is 0 Å². The highest BCUT2D eigenvalue weighted by molar-refractivity contribution is 5.75. The van der Waals surface area contributed by atoms with Crippen LogP contribution >= 0.6 is 0 Å². The summed E-state index contributed by atoms with van der Waals surface area (Å²) < 4.78 is 0. The lowest BCUT2D eigenvalue weighted by molar-refractivity contribution is -0.137. The van der Waals surface area contributed by atoms with Crippen LogP contribution in [0.5, 0.6) is 0 Å². The van der Waals surface area contributed by atoms with Crippen molar-refractivity contribution < 1.29 is 14.7 Å². The van der Waals surface area contributed by atoms with Crippen molar-refractivity contribution in [1.29, 1.82) is 0 Å². The molecule has 0 bridgehead atoms. The van der Waals surface area contributed by atoms with Gasteiger partial charge in [0.05, 0.1) is 0 Å². The van der Waals surface area contributed by atoms with Crippen molar-refractivity contribution in [2.45, 2.75) is 58.0 Å². The largest absolute Gasteiger partial charge is 0.481 e. The first-order valence-corrected chi connectivity index (χ1v) is 6.13. The Hall–Kier alpha value is -1.26. The number of amides is 2. The minimum Gasteiger partial charge on any atom is -0.481 e. The number of carboxylic acids is 1. The fourth-order valence-electron chi connectivity index (χ4n) is 2.18. The van der Waals surface area contributed by atoms with Gasteiger partial charge in [-0.3, -0.25) is 4.79 Å². The van der Waals surface area contributed by atoms with E-state index in [4.69, 9.17) is 5.11 Å². The normalized spacial score (nSPS) is 20.1. The summed E-state index contributed by atoms with van der Waals surface area (Å²) in [5.74, 6) is -0.826. The molecule has 1 aliphatic rings. The van der Waals surface area contributed by atoms with Crippen LogP contribution in [-0.4, -0.2) is 40.1 Å². The molecular weight excluding hydrogens is 220 g/mol. The van der Waals surface area contributed by atoms with Crippen LogP contribution < -0.4 is 5.32 Å². The van der Waals surface area contributed by atoms with Crippen LogP contribution in [0.15, 0.2) is 0 Å². The van der Waals surface area contributed by atoms with Gasteiger partial charge in [0, 0.05) is 24.5 Å². The van der Waals surface area contributed by atoms with Gasteiger partial charge in [-0.05, 0) is 40.0 Å². The Morgan fingerprint density at radius 2 is 2.12 bits per heavy atom. The number of hydrogen-bond acceptors (Lipinski definition) is 2. The summed E-state index contributed by atoms with van der Waals surface area (Å²) in [5, 5.41) is 11.4. The van der Waals surface area contributed by atoms with Crippen molar-refractivity contribution >= 4 is 12.0 Å². The first kappa shape index (κ1) is 13.8. The Balaban J connectivity index is 2.41. The van der Waals surface area contributed by atoms with E-state index in [9.17, 15) is 9.59 Å². The lowest BCUT2D eigenvalue weighted by Gasteiger charge is -2.32. The van der Waals surface area contributed by atoms with Gasteiger partial charge in [0.15, 0.2) is 0 Å². The van der Waals surface area contributed by atoms with Crippen LogP contribution in [0.1, 0.15) is 46.5 Å². The van der Waals surface area contributed by atoms with Crippen molar-refractivity contribution in [2.24, 2.45) is 0 Å². The molecular formula is C12H22N2O3. The average Bonchev–Trinajstić information content (AvgIpc) is 2.55. The van der Waals surface area contributed by atoms with Crippen LogP contribution in [0, 0.1) is 0 Å². The van der Waals surface area contributed by atoms with E-state index in [1.54, 1.807) is 0 Å². The Morgan fingerprint density at radius 3 is 2.59 bits per heavy atom. The SMILES string of the molecule is CC(CCC(=O)O)NC(=O)N1CCCC1(C)C. The molecule has 0 aliphatic carbocycles. The third-order valence-corrected chi connectivity index (χ3v) is 3.31. The fraction of sp³-hybridized carbons (Fsp3) is 0.833. The second-order valence-corrected chi connectivity index (χ2v) is 5.35. The molecule has 98 valence electrons. The van der Waals surface area contributed by atoms with Gasteiger partial charge < -0.3 is 15.3 Å². The molecule has 1 atom stereocenters. The second kappa shape index (κ2) is 5.38. The standard InChI is InChI=1S/C12H22N2O3/c1-9(5-6-10(15)16)13-11(17)14-8-4-7-12(14,2)3/h9H,4-8H2,1-3H3,(H,13,17)(H,15,16). The van der Waals surface area contributed by atoms with Crippen LogP contribution in [0.4, 0.5) is 4.79 Å². The van der Waals surface area contributed by atoms with E-state index in [1.807, 2.05) is 11.8 Å². The maximum absolute atomic E-state index is 12.0. The van der Waals surface area contributed by atoms with Gasteiger partial charge >= 0.3 is 12.0 Å². The van der Waals surface area contributed by atoms with Gasteiger partial charge in [0.25, 0.3) is 0 Å². The second-order valence-electron chi connectivity index (χ2n) is 5.35. The quantitative estimate of drug-likeness (QED) is 0.790. The van der Waals surface area contributed by atoms with E-state index in [0.29, 0.717) is 6.42 Å². The van der Waals surface area contributed by atoms with Gasteiger partial charge in [-0.2, -0.15) is 0 Å². The predicted molar refractivity (Wildman–Crippen MR) is 64.9 cm³/mol. The highest BCUT2D eigenvalue weighted by atomic mass is 16.4. The van der Waals surface area contributed by atoms with E-state index >= 15 is 0 Å². The minimum absolute atomic E-state index is 0.0783. The highest BCUT2D eigenvalue weighted by Crippen LogP contribution is 2.27. The number of hydrogen-bond donors (Lipinski definition) is 2. The van der Waals surface area contributed by atoms with E-state index in [2.05, 4.69) is 19.2 Å². The molecule has 1 rings (SSSR count). The molecule has 1 unspecified atom stereocenters. The minimum atomic E-state index is -0.826. The smallest absolute Gasteiger partial charge is 0.318 e. The Labute approximate surface area is 102 Å². The molecule has 2 amide bonds. The molecule has 1 saturated heterocycles. The van der Waals surface area contributed by atoms with Gasteiger partial charge in [-0.25, -0.2) is 4.79 Å². The number of aliphatic carboxylic acids is 1. The molecule has 2 N–H and O–H groups in total. The van der Waals surface area contributed by atoms with Crippen molar-refractivity contribution in [1.82, 2.24) is 10.2 Å². The Bertz CT molecular complexity index is 302. The highest BCUT2D eigenvalue weighted by Gasteiger charge is 2.35. The van der Waals surface area contributed by atoms with E-state index in [-0.39, 0.29) is 24.0 Å². The molecule has 0 radical (unpaired) electrons. The number of carbonyl (C=O) groups is 2. The van der Waals surface area contributed by atoms with Crippen LogP contribution in [-0.2, 0) is 4.79 Å². The lowest BCUT2D eigenvalue weighted by atomic mass is 10.0. The lowest BCUT2D eigenvalue weighted by Crippen LogP contribution is -2.50. The summed E-state index contributed by atoms with van der Waals surface area (Å²) in [5.41, 5.74) is -0.0867. The monoisotopic (exact) mass is 242 g/mol. The number of carbonyl (C=O) groups excluding carboxylic acids is 1. The first-order valence-electron chi connectivity index (χ1n) is 6.13. The summed E-state index contributed by atoms with van der Waals surface area (Å²) >= 11 is 0. The molecule has 0 aromatic heterocycles. The third kappa shape index (κ3) is 3.91. The van der Waals surface area contributed by atoms with E-state index in [0.717, 1.165) is 19.4 Å². The Kier molecular flexibility index (Phi) is 4.37. The summed E-state index contributed by atoms with van der Waals surface area (Å²) in [4.78, 5) is 24.2. The summed E-state index contributed by atoms with van der Waals surface area (Å²) in [7, 11) is 0. The zero-order valence-corrected chi connectivity index (χ0v) is 10.8. The molecule has 0 aromatic rings. The van der Waals surface area contributed by atoms with Crippen molar-refractivity contribution in [2.75, 3.05) is 6.54 Å². The molecule has 17 heavy (non-hydrogen) atoms. The number of likely N-dealkylation sites (tertiary alicyclic amines) is 1. The van der Waals surface area contributed by atoms with Gasteiger partial charge in [-0.15, -0.1) is 0 Å². The molecule has 1 aliphatic heterocycles. The number of rotatable bonds is 4. The van der Waals surface area contributed by atoms with Crippen molar-refractivity contribution in [3.05, 3.63) is 0 Å². The molecule has 0 spiro atoms. The number of carboxylic acid groups (broad SMARTS) is 1. The molecule has 0 saturated carbocycles. The summed E-state index contributed by atoms with van der Waals surface area (Å²) in [6, 6.07) is -0.180. The molecule has 1 heterocycles. The number of urea groups is 1. The van der Waals surface area contributed by atoms with Crippen molar-refractivity contribution in [3.63, 3.8) is 0 Å². The number of nitrogens with one attached hydrogen (secondary N) is 1. The number of nitrogens with zero attached hydrogens (tertiary/aromatic N) is 1. The maximum Gasteiger partial charge on any atom is 0.318 e. The Morgan fingerprint density at radius 1 is 1.47 bits per heavy atom. The van der Waals surface area contributed by atoms with Crippen molar-refractivity contribution in [3.8, 4) is 0 Å². The summed E-state index contributed by atoms with van der Waals surface area (Å²) in [6.45, 7) is 6.73. The molecule has 5 nitrogen and oxygen atoms in total. The van der Waals surface area contributed by atoms with E-state index in [1.165, 1.54) is 0 Å². The average molecular weight is 242 g/mol. The zero-order chi connectivity index (χ0) is 13.1. The molecule has 1 fully saturated rings. The van der Waals surface area contributed by atoms with Crippen LogP contribution in [0.2, 0.25) is 0 Å². The summed E-state index contributed by atoms with van der Waals surface area (Å²) in [6.07, 6.45) is 2.61. The maximum atomic E-state index is 12.0. The fourth-order valence-corrected chi connectivity index (χ4v) is 2.18. The zero-order valence-electron chi connectivity index (χ0n) is 10.8. The molecule has 5 heteroatoms. The third-order valence-electron chi connectivity index (χ3n) is 3.31. The first-order chi connectivity index (χ1) is 7.83. The molecule has 0 aromatic carbocycles. The predicted octanol–water partition coefficient (Wildman–Crippen LogP) is 1.82. The van der Waals surface area contributed by atoms with E-state index < -0.39 is 5.97 Å². The van der Waals surface area contributed by atoms with Gasteiger partial charge in [0.1, 0.15) is 0 Å². The van der Waals surface area contributed by atoms with Gasteiger partial charge in [-0.1, -0.05) is 0 Å². The van der Waals surface area contributed by atoms with Crippen LogP contribution in [0.3, 0.4) is 0 Å². The topological polar surface area (TPSA) is 69.6 Å². The van der Waals surface area contributed by atoms with Gasteiger partial charge in [0.2, 0.25) is 0 Å².